The minimum Gasteiger partial charge on any atom is -0.488 e. The van der Waals surface area contributed by atoms with Crippen LogP contribution in [0.1, 0.15) is 30.9 Å². The molecule has 0 radical (unpaired) electrons. The number of nitrogens with zero attached hydrogens (tertiary/aromatic N) is 4. The van der Waals surface area contributed by atoms with E-state index < -0.39 is 52.3 Å². The number of alkyl halides is 6. The molecule has 0 aliphatic heterocycles. The topological polar surface area (TPSA) is 103 Å². The van der Waals surface area contributed by atoms with Gasteiger partial charge in [-0.3, -0.25) is 9.59 Å². The number of benzene rings is 1. The summed E-state index contributed by atoms with van der Waals surface area (Å²) in [6.07, 6.45) is -6.64. The van der Waals surface area contributed by atoms with Gasteiger partial charge in [0.05, 0.1) is 28.8 Å². The Morgan fingerprint density at radius 1 is 1.03 bits per heavy atom. The third-order valence-electron chi connectivity index (χ3n) is 5.73. The van der Waals surface area contributed by atoms with Crippen LogP contribution in [0.3, 0.4) is 0 Å². The molecule has 3 heterocycles. The molecule has 15 heteroatoms. The molecule has 8 nitrogen and oxygen atoms in total. The van der Waals surface area contributed by atoms with Crippen molar-refractivity contribution in [2.24, 2.45) is 0 Å². The van der Waals surface area contributed by atoms with Gasteiger partial charge in [0.1, 0.15) is 5.82 Å². The van der Waals surface area contributed by atoms with E-state index in [-0.39, 0.29) is 36.2 Å². The van der Waals surface area contributed by atoms with E-state index in [0.29, 0.717) is 17.8 Å². The minimum atomic E-state index is -4.95. The molecule has 1 unspecified atom stereocenters. The molecule has 0 aliphatic rings. The van der Waals surface area contributed by atoms with Gasteiger partial charge < -0.3 is 9.30 Å². The van der Waals surface area contributed by atoms with Crippen molar-refractivity contribution in [3.8, 4) is 17.1 Å². The van der Waals surface area contributed by atoms with Crippen LogP contribution in [0, 0.1) is 5.82 Å². The fraction of sp³-hybridized carbons (Fsp3) is 0.292. The highest BCUT2D eigenvalue weighted by Crippen LogP contribution is 2.33. The first-order chi connectivity index (χ1) is 18.3. The Labute approximate surface area is 214 Å². The summed E-state index contributed by atoms with van der Waals surface area (Å²) in [6.45, 7) is 1.61. The summed E-state index contributed by atoms with van der Waals surface area (Å²) in [7, 11) is 0. The molecule has 39 heavy (non-hydrogen) atoms. The first-order valence-electron chi connectivity index (χ1n) is 11.3. The molecule has 4 rings (SSSR count). The van der Waals surface area contributed by atoms with Gasteiger partial charge in [-0.15, -0.1) is 0 Å². The number of pyridine rings is 1. The SMILES string of the molecule is CC(CCCn1ccc2cc(-c3ncc(C(F)(F)F)cn3)c(F)cc2c1=O)Oc1cn[nH]c(=O)c1C(F)(F)F. The van der Waals surface area contributed by atoms with E-state index in [1.807, 2.05) is 0 Å². The zero-order chi connectivity index (χ0) is 28.5. The van der Waals surface area contributed by atoms with Crippen LogP contribution in [-0.4, -0.2) is 30.8 Å². The summed E-state index contributed by atoms with van der Waals surface area (Å²) < 4.78 is 99.1. The maximum Gasteiger partial charge on any atom is 0.425 e. The van der Waals surface area contributed by atoms with Gasteiger partial charge in [-0.25, -0.2) is 19.5 Å². The molecule has 0 bridgehead atoms. The van der Waals surface area contributed by atoms with E-state index in [1.165, 1.54) is 29.8 Å². The molecule has 0 fully saturated rings. The third kappa shape index (κ3) is 6.07. The molecule has 206 valence electrons. The third-order valence-corrected chi connectivity index (χ3v) is 5.73. The summed E-state index contributed by atoms with van der Waals surface area (Å²) in [6, 6.07) is 3.69. The number of rotatable bonds is 7. The normalized spacial score (nSPS) is 13.0. The average Bonchev–Trinajstić information content (AvgIpc) is 2.84. The number of aromatic nitrogens is 5. The summed E-state index contributed by atoms with van der Waals surface area (Å²) >= 11 is 0. The Morgan fingerprint density at radius 3 is 2.36 bits per heavy atom. The van der Waals surface area contributed by atoms with Gasteiger partial charge in [0.2, 0.25) is 0 Å². The number of H-pyrrole nitrogens is 1. The number of nitrogens with one attached hydrogen (secondary N) is 1. The molecule has 0 amide bonds. The molecule has 1 aromatic carbocycles. The molecular formula is C24H18F7N5O3. The van der Waals surface area contributed by atoms with E-state index in [0.717, 1.165) is 12.3 Å². The van der Waals surface area contributed by atoms with Gasteiger partial charge in [-0.2, -0.15) is 31.4 Å². The van der Waals surface area contributed by atoms with E-state index in [1.54, 1.807) is 5.10 Å². The summed E-state index contributed by atoms with van der Waals surface area (Å²) in [4.78, 5) is 31.6. The van der Waals surface area contributed by atoms with Crippen molar-refractivity contribution in [2.45, 2.75) is 44.8 Å². The molecule has 1 N–H and O–H groups in total. The first-order valence-corrected chi connectivity index (χ1v) is 11.3. The molecule has 0 spiro atoms. The highest BCUT2D eigenvalue weighted by Gasteiger charge is 2.38. The zero-order valence-electron chi connectivity index (χ0n) is 19.9. The number of ether oxygens (including phenoxy) is 1. The fourth-order valence-electron chi connectivity index (χ4n) is 3.83. The van der Waals surface area contributed by atoms with Crippen molar-refractivity contribution in [3.63, 3.8) is 0 Å². The molecule has 0 saturated carbocycles. The van der Waals surface area contributed by atoms with E-state index in [2.05, 4.69) is 15.1 Å². The fourth-order valence-corrected chi connectivity index (χ4v) is 3.83. The second-order valence-electron chi connectivity index (χ2n) is 8.53. The van der Waals surface area contributed by atoms with Gasteiger partial charge in [0.15, 0.2) is 17.1 Å². The van der Waals surface area contributed by atoms with Crippen LogP contribution in [0.15, 0.2) is 52.6 Å². The van der Waals surface area contributed by atoms with Gasteiger partial charge >= 0.3 is 12.4 Å². The predicted octanol–water partition coefficient (Wildman–Crippen LogP) is 4.97. The van der Waals surface area contributed by atoms with Gasteiger partial charge in [0.25, 0.3) is 11.1 Å². The summed E-state index contributed by atoms with van der Waals surface area (Å²) in [5.74, 6) is -1.92. The van der Waals surface area contributed by atoms with E-state index in [4.69, 9.17) is 4.74 Å². The van der Waals surface area contributed by atoms with Crippen molar-refractivity contribution < 1.29 is 35.5 Å². The van der Waals surface area contributed by atoms with Gasteiger partial charge in [0, 0.05) is 25.1 Å². The number of halogens is 7. The number of hydrogen-bond acceptors (Lipinski definition) is 6. The summed E-state index contributed by atoms with van der Waals surface area (Å²) in [5, 5.41) is 5.35. The van der Waals surface area contributed by atoms with E-state index >= 15 is 0 Å². The maximum atomic E-state index is 14.8. The van der Waals surface area contributed by atoms with Crippen LogP contribution in [-0.2, 0) is 18.9 Å². The quantitative estimate of drug-likeness (QED) is 0.322. The van der Waals surface area contributed by atoms with Crippen molar-refractivity contribution in [2.75, 3.05) is 0 Å². The highest BCUT2D eigenvalue weighted by molar-refractivity contribution is 5.85. The molecule has 4 aromatic rings. The van der Waals surface area contributed by atoms with Crippen LogP contribution >= 0.6 is 0 Å². The number of hydrogen-bond donors (Lipinski definition) is 1. The largest absolute Gasteiger partial charge is 0.488 e. The van der Waals surface area contributed by atoms with Crippen molar-refractivity contribution in [3.05, 3.63) is 80.6 Å². The number of aryl methyl sites for hydroxylation is 1. The minimum absolute atomic E-state index is 0.000589. The lowest BCUT2D eigenvalue weighted by molar-refractivity contribution is -0.140. The number of aromatic amines is 1. The van der Waals surface area contributed by atoms with Crippen molar-refractivity contribution in [1.82, 2.24) is 24.7 Å². The highest BCUT2D eigenvalue weighted by atomic mass is 19.4. The molecule has 1 atom stereocenters. The lowest BCUT2D eigenvalue weighted by atomic mass is 10.1. The summed E-state index contributed by atoms with van der Waals surface area (Å²) in [5.41, 5.74) is -4.77. The van der Waals surface area contributed by atoms with Gasteiger partial charge in [-0.05, 0) is 43.4 Å². The Hall–Kier alpha value is -4.30. The Morgan fingerprint density at radius 2 is 1.72 bits per heavy atom. The monoisotopic (exact) mass is 557 g/mol. The molecular weight excluding hydrogens is 539 g/mol. The van der Waals surface area contributed by atoms with Crippen LogP contribution in [0.2, 0.25) is 0 Å². The van der Waals surface area contributed by atoms with E-state index in [9.17, 15) is 40.3 Å². The van der Waals surface area contributed by atoms with Crippen molar-refractivity contribution >= 4 is 10.8 Å². The lowest BCUT2D eigenvalue weighted by Crippen LogP contribution is -2.26. The molecule has 0 saturated heterocycles. The average molecular weight is 557 g/mol. The second-order valence-corrected chi connectivity index (χ2v) is 8.53. The smallest absolute Gasteiger partial charge is 0.425 e. The molecule has 0 aliphatic carbocycles. The Balaban J connectivity index is 1.47. The molecule has 3 aromatic heterocycles. The van der Waals surface area contributed by atoms with Crippen molar-refractivity contribution in [1.29, 1.82) is 0 Å². The van der Waals surface area contributed by atoms with Crippen LogP contribution < -0.4 is 15.9 Å². The number of fused-ring (bicyclic) bond motifs is 1. The first kappa shape index (κ1) is 27.7. The van der Waals surface area contributed by atoms with Crippen LogP contribution in [0.5, 0.6) is 5.75 Å². The van der Waals surface area contributed by atoms with Gasteiger partial charge in [-0.1, -0.05) is 0 Å². The van der Waals surface area contributed by atoms with Crippen LogP contribution in [0.4, 0.5) is 30.7 Å². The Kier molecular flexibility index (Phi) is 7.44. The second kappa shape index (κ2) is 10.5. The zero-order valence-corrected chi connectivity index (χ0v) is 19.9. The predicted molar refractivity (Wildman–Crippen MR) is 123 cm³/mol. The van der Waals surface area contributed by atoms with Crippen LogP contribution in [0.25, 0.3) is 22.2 Å². The maximum absolute atomic E-state index is 14.8. The lowest BCUT2D eigenvalue weighted by Gasteiger charge is -2.17. The Bertz CT molecular complexity index is 1610. The standard InChI is InChI=1S/C24H18F7N5O3/c1-12(39-18-11-34-35-21(37)19(18)24(29,30)31)3-2-5-36-6-4-13-7-16(17(25)8-15(13)22(36)38)20-32-9-14(10-33-20)23(26,27)28/h4,6-12H,2-3,5H2,1H3,(H,35,37).